The minimum Gasteiger partial charge on any atom is -0.478 e. The number of carboxylic acids is 2. The number of hydrogen-bond donors (Lipinski definition) is 4. The lowest BCUT2D eigenvalue weighted by atomic mass is 10.1. The highest BCUT2D eigenvalue weighted by atomic mass is 16.4. The molecule has 0 heterocycles. The van der Waals surface area contributed by atoms with Crippen LogP contribution in [0.5, 0.6) is 0 Å². The monoisotopic (exact) mass is 460 g/mol. The number of aromatic carboxylic acids is 2. The highest BCUT2D eigenvalue weighted by molar-refractivity contribution is 5.87. The molecule has 33 heavy (non-hydrogen) atoms. The minimum absolute atomic E-state index is 0.319. The van der Waals surface area contributed by atoms with E-state index in [0.717, 1.165) is 38.5 Å². The summed E-state index contributed by atoms with van der Waals surface area (Å²) >= 11 is 0. The van der Waals surface area contributed by atoms with Gasteiger partial charge in [0.2, 0.25) is 0 Å². The fraction of sp³-hybridized carbons (Fsp3) is 0.481. The van der Waals surface area contributed by atoms with Gasteiger partial charge in [-0.05, 0) is 67.5 Å². The summed E-state index contributed by atoms with van der Waals surface area (Å²) in [6.45, 7) is 8.02. The van der Waals surface area contributed by atoms with Crippen molar-refractivity contribution in [3.05, 3.63) is 70.8 Å². The Kier molecular flexibility index (Phi) is 16.4. The number of carbonyl (C=O) groups is 2. The molecule has 0 spiro atoms. The first-order valence-electron chi connectivity index (χ1n) is 11.7. The summed E-state index contributed by atoms with van der Waals surface area (Å²) in [7, 11) is 0. The lowest BCUT2D eigenvalue weighted by Crippen LogP contribution is -2.15. The van der Waals surface area contributed by atoms with Crippen LogP contribution in [-0.4, -0.2) is 44.6 Å². The van der Waals surface area contributed by atoms with E-state index < -0.39 is 11.9 Å². The quantitative estimate of drug-likeness (QED) is 0.367. The standard InChI is InChI=1S/2C10H12O2.C7H16O2/c2*1-2-3-8-4-6-9(7-5-8)10(11)12;1-3-6(8)5-7(9)4-2/h2*4-7H,2-3H2,1H3,(H,11,12);6-9H,3-5H2,1-2H3. The van der Waals surface area contributed by atoms with Crippen molar-refractivity contribution in [2.75, 3.05) is 0 Å². The fourth-order valence-electron chi connectivity index (χ4n) is 2.85. The zero-order chi connectivity index (χ0) is 25.2. The van der Waals surface area contributed by atoms with Gasteiger partial charge in [0, 0.05) is 0 Å². The number of aliphatic hydroxyl groups excluding tert-OH is 2. The van der Waals surface area contributed by atoms with Gasteiger partial charge in [-0.25, -0.2) is 9.59 Å². The first kappa shape index (κ1) is 30.3. The van der Waals surface area contributed by atoms with Crippen LogP contribution in [0.25, 0.3) is 0 Å². The SMILES string of the molecule is CCC(O)CC(O)CC.CCCc1ccc(C(=O)O)cc1.CCCc1ccc(C(=O)O)cc1. The van der Waals surface area contributed by atoms with Gasteiger partial charge in [0.25, 0.3) is 0 Å². The second-order valence-corrected chi connectivity index (χ2v) is 7.86. The van der Waals surface area contributed by atoms with Gasteiger partial charge in [-0.1, -0.05) is 64.8 Å². The van der Waals surface area contributed by atoms with E-state index in [9.17, 15) is 9.59 Å². The van der Waals surface area contributed by atoms with Gasteiger partial charge in [-0.15, -0.1) is 0 Å². The molecule has 6 nitrogen and oxygen atoms in total. The molecule has 6 heteroatoms. The van der Waals surface area contributed by atoms with Gasteiger partial charge in [0.1, 0.15) is 0 Å². The number of rotatable bonds is 10. The van der Waals surface area contributed by atoms with Crippen LogP contribution in [0, 0.1) is 0 Å². The second-order valence-electron chi connectivity index (χ2n) is 7.86. The third-order valence-corrected chi connectivity index (χ3v) is 4.97. The van der Waals surface area contributed by atoms with Crippen molar-refractivity contribution in [1.29, 1.82) is 0 Å². The Balaban J connectivity index is 0.000000472. The van der Waals surface area contributed by atoms with E-state index in [4.69, 9.17) is 20.4 Å². The number of aryl methyl sites for hydroxylation is 2. The molecular weight excluding hydrogens is 420 g/mol. The first-order valence-corrected chi connectivity index (χ1v) is 11.7. The zero-order valence-corrected chi connectivity index (χ0v) is 20.3. The maximum atomic E-state index is 10.5. The van der Waals surface area contributed by atoms with Crippen LogP contribution in [-0.2, 0) is 12.8 Å². The Bertz CT molecular complexity index is 716. The number of carboxylic acid groups (broad SMARTS) is 2. The molecule has 2 aromatic carbocycles. The highest BCUT2D eigenvalue weighted by Gasteiger charge is 2.06. The van der Waals surface area contributed by atoms with Crippen molar-refractivity contribution >= 4 is 11.9 Å². The van der Waals surface area contributed by atoms with Crippen LogP contribution in [0.15, 0.2) is 48.5 Å². The van der Waals surface area contributed by atoms with Crippen LogP contribution in [0.4, 0.5) is 0 Å². The van der Waals surface area contributed by atoms with E-state index in [1.54, 1.807) is 24.3 Å². The lowest BCUT2D eigenvalue weighted by Gasteiger charge is -2.11. The summed E-state index contributed by atoms with van der Waals surface area (Å²) in [6.07, 6.45) is 5.56. The van der Waals surface area contributed by atoms with E-state index in [0.29, 0.717) is 17.5 Å². The van der Waals surface area contributed by atoms with E-state index in [1.807, 2.05) is 38.1 Å². The average Bonchev–Trinajstić information content (AvgIpc) is 2.81. The molecule has 0 amide bonds. The molecule has 2 atom stereocenters. The Morgan fingerprint density at radius 3 is 1.15 bits per heavy atom. The third-order valence-electron chi connectivity index (χ3n) is 4.97. The van der Waals surface area contributed by atoms with Gasteiger partial charge in [-0.2, -0.15) is 0 Å². The van der Waals surface area contributed by atoms with Crippen LogP contribution in [0.2, 0.25) is 0 Å². The maximum Gasteiger partial charge on any atom is 0.335 e. The summed E-state index contributed by atoms with van der Waals surface area (Å²) in [6, 6.07) is 14.1. The van der Waals surface area contributed by atoms with Crippen molar-refractivity contribution in [2.45, 2.75) is 84.8 Å². The van der Waals surface area contributed by atoms with Crippen LogP contribution >= 0.6 is 0 Å². The van der Waals surface area contributed by atoms with Crippen LogP contribution in [0.3, 0.4) is 0 Å². The molecule has 0 radical (unpaired) electrons. The maximum absolute atomic E-state index is 10.5. The molecule has 2 unspecified atom stereocenters. The highest BCUT2D eigenvalue weighted by Crippen LogP contribution is 2.07. The van der Waals surface area contributed by atoms with Crippen LogP contribution in [0.1, 0.15) is 91.6 Å². The van der Waals surface area contributed by atoms with E-state index in [1.165, 1.54) is 11.1 Å². The Morgan fingerprint density at radius 1 is 0.636 bits per heavy atom. The number of benzene rings is 2. The smallest absolute Gasteiger partial charge is 0.335 e. The molecule has 184 valence electrons. The molecular formula is C27H40O6. The predicted octanol–water partition coefficient (Wildman–Crippen LogP) is 5.59. The summed E-state index contributed by atoms with van der Waals surface area (Å²) in [5.74, 6) is -1.73. The molecule has 0 aliphatic heterocycles. The van der Waals surface area contributed by atoms with E-state index in [2.05, 4.69) is 13.8 Å². The van der Waals surface area contributed by atoms with E-state index >= 15 is 0 Å². The van der Waals surface area contributed by atoms with E-state index in [-0.39, 0.29) is 12.2 Å². The van der Waals surface area contributed by atoms with Crippen molar-refractivity contribution in [3.8, 4) is 0 Å². The summed E-state index contributed by atoms with van der Waals surface area (Å²) in [5, 5.41) is 35.2. The van der Waals surface area contributed by atoms with Gasteiger partial charge in [-0.3, -0.25) is 0 Å². The Morgan fingerprint density at radius 2 is 0.939 bits per heavy atom. The topological polar surface area (TPSA) is 115 Å². The predicted molar refractivity (Wildman–Crippen MR) is 132 cm³/mol. The van der Waals surface area contributed by atoms with Gasteiger partial charge in [0.05, 0.1) is 23.3 Å². The summed E-state index contributed by atoms with van der Waals surface area (Å²) < 4.78 is 0. The van der Waals surface area contributed by atoms with Crippen molar-refractivity contribution in [2.24, 2.45) is 0 Å². The van der Waals surface area contributed by atoms with Gasteiger partial charge >= 0.3 is 11.9 Å². The minimum atomic E-state index is -0.863. The fourth-order valence-corrected chi connectivity index (χ4v) is 2.85. The molecule has 2 rings (SSSR count). The lowest BCUT2D eigenvalue weighted by molar-refractivity contribution is 0.0686. The molecule has 0 saturated heterocycles. The molecule has 0 aliphatic carbocycles. The normalized spacial score (nSPS) is 11.8. The molecule has 4 N–H and O–H groups in total. The number of hydrogen-bond acceptors (Lipinski definition) is 4. The van der Waals surface area contributed by atoms with Gasteiger partial charge in [0.15, 0.2) is 0 Å². The second kappa shape index (κ2) is 17.8. The Hall–Kier alpha value is -2.70. The van der Waals surface area contributed by atoms with Crippen LogP contribution < -0.4 is 0 Å². The molecule has 0 bridgehead atoms. The summed E-state index contributed by atoms with van der Waals surface area (Å²) in [4.78, 5) is 20.9. The first-order chi connectivity index (χ1) is 15.7. The Labute approximate surface area is 197 Å². The third kappa shape index (κ3) is 14.1. The van der Waals surface area contributed by atoms with Crippen molar-refractivity contribution in [1.82, 2.24) is 0 Å². The molecule has 0 saturated carbocycles. The molecule has 0 fully saturated rings. The number of aliphatic hydroxyl groups is 2. The van der Waals surface area contributed by atoms with Crippen molar-refractivity contribution in [3.63, 3.8) is 0 Å². The largest absolute Gasteiger partial charge is 0.478 e. The zero-order valence-electron chi connectivity index (χ0n) is 20.3. The molecule has 0 aromatic heterocycles. The average molecular weight is 461 g/mol. The van der Waals surface area contributed by atoms with Gasteiger partial charge < -0.3 is 20.4 Å². The van der Waals surface area contributed by atoms with Crippen molar-refractivity contribution < 1.29 is 30.0 Å². The molecule has 0 aliphatic rings. The summed E-state index contributed by atoms with van der Waals surface area (Å²) in [5.41, 5.74) is 3.11. The molecule has 2 aromatic rings.